The maximum Gasteiger partial charge on any atom is 0.335 e. The number of piperidine rings is 1. The largest absolute Gasteiger partial charge is 0.478 e. The van der Waals surface area contributed by atoms with Crippen LogP contribution in [-0.2, 0) is 4.74 Å². The Balaban J connectivity index is 1.50. The molecule has 6 N–H and O–H groups in total. The molecule has 1 fully saturated rings. The fourth-order valence-electron chi connectivity index (χ4n) is 3.72. The fraction of sp³-hybridized carbons (Fsp3) is 0.364. The van der Waals surface area contributed by atoms with Crippen LogP contribution in [0.5, 0.6) is 0 Å². The average molecular weight is 492 g/mol. The van der Waals surface area contributed by atoms with Crippen LogP contribution >= 0.6 is 11.6 Å². The quantitative estimate of drug-likeness (QED) is 0.357. The Labute approximate surface area is 200 Å². The van der Waals surface area contributed by atoms with Gasteiger partial charge in [-0.15, -0.1) is 0 Å². The number of aromatic nitrogens is 1. The lowest BCUT2D eigenvalue weighted by Gasteiger charge is -2.38. The summed E-state index contributed by atoms with van der Waals surface area (Å²) >= 11 is 5.92. The molecule has 182 valence electrons. The lowest BCUT2D eigenvalue weighted by atomic mass is 10.0. The summed E-state index contributed by atoms with van der Waals surface area (Å²) in [5.74, 6) is -1.92. The Kier molecular flexibility index (Phi) is 8.26. The monoisotopic (exact) mass is 491 g/mol. The zero-order valence-corrected chi connectivity index (χ0v) is 19.2. The Hall–Kier alpha value is -3.41. The molecule has 0 unspecified atom stereocenters. The van der Waals surface area contributed by atoms with Gasteiger partial charge in [-0.3, -0.25) is 19.3 Å². The smallest absolute Gasteiger partial charge is 0.335 e. The number of hydrogen-bond donors (Lipinski definition) is 5. The first-order chi connectivity index (χ1) is 16.2. The number of carboxylic acids is 1. The van der Waals surface area contributed by atoms with Crippen LogP contribution in [0.2, 0.25) is 5.02 Å². The van der Waals surface area contributed by atoms with Gasteiger partial charge in [-0.2, -0.15) is 0 Å². The Morgan fingerprint density at radius 1 is 1.24 bits per heavy atom. The fourth-order valence-corrected chi connectivity index (χ4v) is 3.87. The highest BCUT2D eigenvalue weighted by Crippen LogP contribution is 2.17. The summed E-state index contributed by atoms with van der Waals surface area (Å²) in [6.07, 6.45) is 0.260. The lowest BCUT2D eigenvalue weighted by molar-refractivity contribution is 0.00683. The minimum Gasteiger partial charge on any atom is -0.478 e. The molecule has 11 nitrogen and oxygen atoms in total. The van der Waals surface area contributed by atoms with E-state index in [1.54, 1.807) is 7.11 Å². The summed E-state index contributed by atoms with van der Waals surface area (Å²) in [6.45, 7) is 2.11. The predicted molar refractivity (Wildman–Crippen MR) is 125 cm³/mol. The number of carboxylic acid groups (broad SMARTS) is 1. The summed E-state index contributed by atoms with van der Waals surface area (Å²) in [6, 6.07) is 6.62. The molecule has 34 heavy (non-hydrogen) atoms. The highest BCUT2D eigenvalue weighted by Gasteiger charge is 2.31. The zero-order valence-electron chi connectivity index (χ0n) is 18.5. The number of nitrogen functional groups attached to an aromatic ring is 1. The molecular formula is C22H26ClN5O6. The molecule has 0 spiro atoms. The molecule has 1 aliphatic rings. The number of aromatic carboxylic acids is 1. The second kappa shape index (κ2) is 11.1. The number of nitrogens with zero attached hydrogens (tertiary/aromatic N) is 1. The van der Waals surface area contributed by atoms with Gasteiger partial charge in [-0.05, 0) is 36.8 Å². The number of anilines is 1. The van der Waals surface area contributed by atoms with E-state index < -0.39 is 17.4 Å². The van der Waals surface area contributed by atoms with Gasteiger partial charge in [0.1, 0.15) is 11.4 Å². The van der Waals surface area contributed by atoms with Crippen LogP contribution in [0.1, 0.15) is 37.5 Å². The molecule has 0 saturated carbocycles. The molecule has 2 atom stereocenters. The minimum atomic E-state index is -1.05. The Morgan fingerprint density at radius 3 is 2.56 bits per heavy atom. The van der Waals surface area contributed by atoms with Crippen LogP contribution in [0, 0.1) is 0 Å². The van der Waals surface area contributed by atoms with Gasteiger partial charge in [0.25, 0.3) is 17.4 Å². The van der Waals surface area contributed by atoms with Gasteiger partial charge >= 0.3 is 5.97 Å². The SMILES string of the molecule is CO[C@H]1CN(CCNC(=O)c2ccc(C(=O)O)cc2)CC[C@H]1NC(=O)c1cc(Cl)c(N)[nH]c1=O. The van der Waals surface area contributed by atoms with E-state index in [1.165, 1.54) is 30.3 Å². The number of benzene rings is 1. The van der Waals surface area contributed by atoms with Crippen molar-refractivity contribution in [2.75, 3.05) is 39.0 Å². The molecule has 2 amide bonds. The van der Waals surface area contributed by atoms with Gasteiger partial charge in [0.05, 0.1) is 22.7 Å². The highest BCUT2D eigenvalue weighted by atomic mass is 35.5. The van der Waals surface area contributed by atoms with E-state index in [0.29, 0.717) is 38.2 Å². The summed E-state index contributed by atoms with van der Waals surface area (Å²) in [5.41, 5.74) is 5.28. The van der Waals surface area contributed by atoms with Crippen LogP contribution in [0.3, 0.4) is 0 Å². The van der Waals surface area contributed by atoms with Crippen molar-refractivity contribution in [3.05, 3.63) is 62.4 Å². The number of carbonyl (C=O) groups is 3. The molecule has 3 rings (SSSR count). The number of likely N-dealkylation sites (tertiary alicyclic amines) is 1. The number of nitrogens with one attached hydrogen (secondary N) is 3. The number of pyridine rings is 1. The van der Waals surface area contributed by atoms with Crippen molar-refractivity contribution in [3.63, 3.8) is 0 Å². The lowest BCUT2D eigenvalue weighted by Crippen LogP contribution is -2.56. The molecule has 2 aromatic rings. The molecule has 2 heterocycles. The van der Waals surface area contributed by atoms with Crippen LogP contribution < -0.4 is 21.9 Å². The van der Waals surface area contributed by atoms with Gasteiger partial charge in [0, 0.05) is 38.9 Å². The Bertz CT molecular complexity index is 1120. The number of H-pyrrole nitrogens is 1. The molecule has 1 aromatic heterocycles. The van der Waals surface area contributed by atoms with Gasteiger partial charge in [-0.25, -0.2) is 4.79 Å². The van der Waals surface area contributed by atoms with Gasteiger partial charge in [0.2, 0.25) is 0 Å². The van der Waals surface area contributed by atoms with Gasteiger partial charge in [-0.1, -0.05) is 11.6 Å². The van der Waals surface area contributed by atoms with E-state index in [2.05, 4.69) is 20.5 Å². The third-order valence-corrected chi connectivity index (χ3v) is 5.95. The third kappa shape index (κ3) is 6.13. The van der Waals surface area contributed by atoms with Crippen molar-refractivity contribution < 1.29 is 24.2 Å². The van der Waals surface area contributed by atoms with E-state index in [-0.39, 0.29) is 40.0 Å². The van der Waals surface area contributed by atoms with Crippen molar-refractivity contribution in [1.82, 2.24) is 20.5 Å². The maximum absolute atomic E-state index is 12.6. The molecule has 0 bridgehead atoms. The molecule has 1 aliphatic heterocycles. The molecule has 0 radical (unpaired) electrons. The number of halogens is 1. The molecular weight excluding hydrogens is 466 g/mol. The van der Waals surface area contributed by atoms with Crippen molar-refractivity contribution in [2.45, 2.75) is 18.6 Å². The number of nitrogens with two attached hydrogens (primary N) is 1. The second-order valence-corrected chi connectivity index (χ2v) is 8.26. The van der Waals surface area contributed by atoms with Gasteiger partial charge < -0.3 is 31.2 Å². The highest BCUT2D eigenvalue weighted by molar-refractivity contribution is 6.33. The van der Waals surface area contributed by atoms with Crippen molar-refractivity contribution in [3.8, 4) is 0 Å². The summed E-state index contributed by atoms with van der Waals surface area (Å²) in [7, 11) is 1.54. The van der Waals surface area contributed by atoms with Crippen LogP contribution in [0.15, 0.2) is 35.1 Å². The van der Waals surface area contributed by atoms with E-state index in [9.17, 15) is 19.2 Å². The number of carbonyl (C=O) groups excluding carboxylic acids is 2. The van der Waals surface area contributed by atoms with Crippen LogP contribution in [-0.4, -0.2) is 78.2 Å². The molecule has 1 aromatic carbocycles. The molecule has 0 aliphatic carbocycles. The van der Waals surface area contributed by atoms with E-state index in [0.717, 1.165) is 0 Å². The summed E-state index contributed by atoms with van der Waals surface area (Å²) in [4.78, 5) is 52.3. The number of hydrogen-bond acceptors (Lipinski definition) is 7. The average Bonchev–Trinajstić information content (AvgIpc) is 2.82. The standard InChI is InChI=1S/C22H26ClN5O6/c1-34-17-11-28(9-7-25-19(29)12-2-4-13(5-3-12)22(32)33)8-6-16(17)26-20(30)14-10-15(23)18(24)27-21(14)31/h2-5,10,16-17H,6-9,11H2,1H3,(H,25,29)(H,26,30)(H,32,33)(H3,24,27,31)/t16-,17+/m1/s1. The van der Waals surface area contributed by atoms with Crippen molar-refractivity contribution in [2.24, 2.45) is 0 Å². The van der Waals surface area contributed by atoms with Crippen molar-refractivity contribution in [1.29, 1.82) is 0 Å². The third-order valence-electron chi connectivity index (χ3n) is 5.64. The van der Waals surface area contributed by atoms with Crippen LogP contribution in [0.25, 0.3) is 0 Å². The normalized spacial score (nSPS) is 18.3. The molecule has 1 saturated heterocycles. The number of rotatable bonds is 8. The zero-order chi connectivity index (χ0) is 24.8. The number of aromatic amines is 1. The van der Waals surface area contributed by atoms with Gasteiger partial charge in [0.15, 0.2) is 0 Å². The number of methoxy groups -OCH3 is 1. The second-order valence-electron chi connectivity index (χ2n) is 7.86. The molecule has 12 heteroatoms. The van der Waals surface area contributed by atoms with Crippen LogP contribution in [0.4, 0.5) is 5.82 Å². The summed E-state index contributed by atoms with van der Waals surface area (Å²) in [5, 5.41) is 14.7. The number of amides is 2. The van der Waals surface area contributed by atoms with E-state index in [1.807, 2.05) is 0 Å². The maximum atomic E-state index is 12.6. The minimum absolute atomic E-state index is 0.00402. The predicted octanol–water partition coefficient (Wildman–Crippen LogP) is 0.558. The topological polar surface area (TPSA) is 167 Å². The first-order valence-corrected chi connectivity index (χ1v) is 10.9. The first kappa shape index (κ1) is 25.2. The Morgan fingerprint density at radius 2 is 1.91 bits per heavy atom. The first-order valence-electron chi connectivity index (χ1n) is 10.6. The van der Waals surface area contributed by atoms with Crippen molar-refractivity contribution >= 4 is 35.2 Å². The van der Waals surface area contributed by atoms with E-state index >= 15 is 0 Å². The van der Waals surface area contributed by atoms with E-state index in [4.69, 9.17) is 27.2 Å². The summed E-state index contributed by atoms with van der Waals surface area (Å²) < 4.78 is 5.55. The number of ether oxygens (including phenoxy) is 1.